The summed E-state index contributed by atoms with van der Waals surface area (Å²) in [4.78, 5) is 4.63. The van der Waals surface area contributed by atoms with Crippen molar-refractivity contribution in [2.24, 2.45) is 0 Å². The van der Waals surface area contributed by atoms with Crippen LogP contribution >= 0.6 is 11.3 Å². The summed E-state index contributed by atoms with van der Waals surface area (Å²) in [5, 5.41) is 12.2. The first-order valence-electron chi connectivity index (χ1n) is 8.47. The van der Waals surface area contributed by atoms with Crippen LogP contribution in [0.5, 0.6) is 17.2 Å². The molecule has 0 saturated carbocycles. The van der Waals surface area contributed by atoms with E-state index in [0.717, 1.165) is 28.3 Å². The Morgan fingerprint density at radius 2 is 2.04 bits per heavy atom. The molecule has 0 radical (unpaired) electrons. The predicted octanol–water partition coefficient (Wildman–Crippen LogP) is 5.00. The summed E-state index contributed by atoms with van der Waals surface area (Å²) in [5.74, 6) is 2.24. The number of nitriles is 1. The van der Waals surface area contributed by atoms with Crippen molar-refractivity contribution in [2.75, 3.05) is 13.4 Å². The van der Waals surface area contributed by atoms with Crippen molar-refractivity contribution in [3.63, 3.8) is 0 Å². The lowest BCUT2D eigenvalue weighted by atomic mass is 10.1. The summed E-state index contributed by atoms with van der Waals surface area (Å²) in [7, 11) is 0. The van der Waals surface area contributed by atoms with Crippen LogP contribution in [0.15, 0.2) is 47.8 Å². The van der Waals surface area contributed by atoms with Crippen molar-refractivity contribution < 1.29 is 14.2 Å². The summed E-state index contributed by atoms with van der Waals surface area (Å²) in [6, 6.07) is 15.6. The average molecular weight is 376 g/mol. The van der Waals surface area contributed by atoms with Crippen molar-refractivity contribution >= 4 is 23.0 Å². The van der Waals surface area contributed by atoms with Crippen molar-refractivity contribution in [3.8, 4) is 34.6 Å². The Kier molecular flexibility index (Phi) is 4.77. The molecule has 4 rings (SSSR count). The summed E-state index contributed by atoms with van der Waals surface area (Å²) in [5.41, 5.74) is 3.20. The third-order valence-electron chi connectivity index (χ3n) is 4.02. The molecular weight excluding hydrogens is 360 g/mol. The fourth-order valence-electron chi connectivity index (χ4n) is 2.73. The Bertz CT molecular complexity index is 1030. The smallest absolute Gasteiger partial charge is 0.231 e. The molecule has 1 aromatic heterocycles. The summed E-state index contributed by atoms with van der Waals surface area (Å²) in [6.07, 6.45) is 1.81. The van der Waals surface area contributed by atoms with Crippen molar-refractivity contribution in [1.82, 2.24) is 4.98 Å². The van der Waals surface area contributed by atoms with Crippen molar-refractivity contribution in [1.29, 1.82) is 5.26 Å². The number of hydrogen-bond donors (Lipinski definition) is 0. The van der Waals surface area contributed by atoms with Crippen molar-refractivity contribution in [2.45, 2.75) is 6.92 Å². The number of aromatic nitrogens is 1. The van der Waals surface area contributed by atoms with Crippen LogP contribution in [-0.2, 0) is 0 Å². The van der Waals surface area contributed by atoms with Gasteiger partial charge in [-0.2, -0.15) is 5.26 Å². The minimum atomic E-state index is 0.228. The molecule has 0 amide bonds. The molecule has 2 aromatic carbocycles. The zero-order chi connectivity index (χ0) is 18.6. The molecule has 6 heteroatoms. The first-order valence-corrected chi connectivity index (χ1v) is 9.35. The monoisotopic (exact) mass is 376 g/mol. The van der Waals surface area contributed by atoms with E-state index in [4.69, 9.17) is 14.2 Å². The van der Waals surface area contributed by atoms with Crippen LogP contribution in [0.1, 0.15) is 17.5 Å². The van der Waals surface area contributed by atoms with E-state index in [-0.39, 0.29) is 6.79 Å². The zero-order valence-electron chi connectivity index (χ0n) is 14.6. The lowest BCUT2D eigenvalue weighted by Crippen LogP contribution is -1.92. The SMILES string of the molecule is CCOc1ccc(-c2csc(/C(C#N)=C\c3ccc4c(c3)OCO4)n2)cc1. The van der Waals surface area contributed by atoms with Gasteiger partial charge in [0.2, 0.25) is 6.79 Å². The largest absolute Gasteiger partial charge is 0.494 e. The van der Waals surface area contributed by atoms with Gasteiger partial charge in [0.25, 0.3) is 0 Å². The van der Waals surface area contributed by atoms with Gasteiger partial charge in [0.15, 0.2) is 11.5 Å². The Labute approximate surface area is 161 Å². The van der Waals surface area contributed by atoms with E-state index in [1.807, 2.05) is 60.8 Å². The second-order valence-electron chi connectivity index (χ2n) is 5.78. The van der Waals surface area contributed by atoms with Crippen LogP contribution in [0.25, 0.3) is 22.9 Å². The molecule has 0 atom stereocenters. The third-order valence-corrected chi connectivity index (χ3v) is 4.90. The lowest BCUT2D eigenvalue weighted by molar-refractivity contribution is 0.174. The topological polar surface area (TPSA) is 64.4 Å². The standard InChI is InChI=1S/C21H16N2O3S/c1-2-24-17-6-4-15(5-7-17)18-12-27-21(23-18)16(11-22)9-14-3-8-19-20(10-14)26-13-25-19/h3-10,12H,2,13H2,1H3/b16-9-. The maximum absolute atomic E-state index is 9.59. The summed E-state index contributed by atoms with van der Waals surface area (Å²) < 4.78 is 16.2. The van der Waals surface area contributed by atoms with Crippen LogP contribution in [-0.4, -0.2) is 18.4 Å². The minimum Gasteiger partial charge on any atom is -0.494 e. The van der Waals surface area contributed by atoms with E-state index < -0.39 is 0 Å². The lowest BCUT2D eigenvalue weighted by Gasteiger charge is -2.03. The van der Waals surface area contributed by atoms with E-state index in [9.17, 15) is 5.26 Å². The molecule has 134 valence electrons. The van der Waals surface area contributed by atoms with E-state index >= 15 is 0 Å². The van der Waals surface area contributed by atoms with Gasteiger partial charge in [0.05, 0.1) is 17.9 Å². The molecule has 0 fully saturated rings. The number of allylic oxidation sites excluding steroid dienone is 1. The van der Waals surface area contributed by atoms with Gasteiger partial charge in [-0.15, -0.1) is 11.3 Å². The molecule has 0 spiro atoms. The van der Waals surface area contributed by atoms with Crippen LogP contribution in [0, 0.1) is 11.3 Å². The highest BCUT2D eigenvalue weighted by atomic mass is 32.1. The first-order chi connectivity index (χ1) is 13.3. The summed E-state index contributed by atoms with van der Waals surface area (Å²) >= 11 is 1.45. The number of nitrogens with zero attached hydrogens (tertiary/aromatic N) is 2. The molecule has 3 aromatic rings. The molecule has 1 aliphatic rings. The maximum atomic E-state index is 9.59. The molecular formula is C21H16N2O3S. The Hall–Kier alpha value is -3.30. The molecule has 2 heterocycles. The number of rotatable bonds is 5. The fraction of sp³-hybridized carbons (Fsp3) is 0.143. The van der Waals surface area contributed by atoms with E-state index in [2.05, 4.69) is 11.1 Å². The molecule has 1 aliphatic heterocycles. The number of thiazole rings is 1. The molecule has 0 unspecified atom stereocenters. The second kappa shape index (κ2) is 7.52. The number of hydrogen-bond acceptors (Lipinski definition) is 6. The fourth-order valence-corrected chi connectivity index (χ4v) is 3.52. The molecule has 0 N–H and O–H groups in total. The van der Waals surface area contributed by atoms with Crippen LogP contribution < -0.4 is 14.2 Å². The van der Waals surface area contributed by atoms with Gasteiger partial charge in [-0.25, -0.2) is 4.98 Å². The van der Waals surface area contributed by atoms with Crippen LogP contribution in [0.4, 0.5) is 0 Å². The van der Waals surface area contributed by atoms with E-state index in [0.29, 0.717) is 22.9 Å². The molecule has 0 aliphatic carbocycles. The maximum Gasteiger partial charge on any atom is 0.231 e. The quantitative estimate of drug-likeness (QED) is 0.586. The van der Waals surface area contributed by atoms with E-state index in [1.54, 1.807) is 0 Å². The number of ether oxygens (including phenoxy) is 3. The van der Waals surface area contributed by atoms with Gasteiger partial charge in [-0.05, 0) is 55.0 Å². The third kappa shape index (κ3) is 3.64. The minimum absolute atomic E-state index is 0.228. The van der Waals surface area contributed by atoms with Crippen LogP contribution in [0.2, 0.25) is 0 Å². The second-order valence-corrected chi connectivity index (χ2v) is 6.64. The van der Waals surface area contributed by atoms with Crippen molar-refractivity contribution in [3.05, 3.63) is 58.4 Å². The Balaban J connectivity index is 1.60. The van der Waals surface area contributed by atoms with Crippen LogP contribution in [0.3, 0.4) is 0 Å². The highest BCUT2D eigenvalue weighted by Crippen LogP contribution is 2.34. The Morgan fingerprint density at radius 3 is 2.81 bits per heavy atom. The molecule has 27 heavy (non-hydrogen) atoms. The highest BCUT2D eigenvalue weighted by molar-refractivity contribution is 7.11. The molecule has 0 saturated heterocycles. The van der Waals surface area contributed by atoms with E-state index in [1.165, 1.54) is 11.3 Å². The van der Waals surface area contributed by atoms with Gasteiger partial charge in [-0.1, -0.05) is 6.07 Å². The summed E-state index contributed by atoms with van der Waals surface area (Å²) in [6.45, 7) is 2.82. The van der Waals surface area contributed by atoms with Gasteiger partial charge in [0.1, 0.15) is 16.8 Å². The predicted molar refractivity (Wildman–Crippen MR) is 105 cm³/mol. The van der Waals surface area contributed by atoms with Gasteiger partial charge < -0.3 is 14.2 Å². The zero-order valence-corrected chi connectivity index (χ0v) is 15.5. The average Bonchev–Trinajstić information content (AvgIpc) is 3.36. The molecule has 0 bridgehead atoms. The van der Waals surface area contributed by atoms with Gasteiger partial charge in [-0.3, -0.25) is 0 Å². The highest BCUT2D eigenvalue weighted by Gasteiger charge is 2.14. The first kappa shape index (κ1) is 17.1. The van der Waals surface area contributed by atoms with Gasteiger partial charge >= 0.3 is 0 Å². The number of fused-ring (bicyclic) bond motifs is 1. The Morgan fingerprint density at radius 1 is 1.22 bits per heavy atom. The normalized spacial score (nSPS) is 12.7. The van der Waals surface area contributed by atoms with Gasteiger partial charge in [0, 0.05) is 10.9 Å². The molecule has 5 nitrogen and oxygen atoms in total. The number of benzene rings is 2.